The van der Waals surface area contributed by atoms with Gasteiger partial charge in [0.2, 0.25) is 0 Å². The highest BCUT2D eigenvalue weighted by Gasteiger charge is 2.26. The zero-order valence-corrected chi connectivity index (χ0v) is 17.5. The van der Waals surface area contributed by atoms with Gasteiger partial charge in [0.25, 0.3) is 0 Å². The minimum atomic E-state index is -0.147. The Morgan fingerprint density at radius 2 is 1.54 bits per heavy atom. The molecule has 0 spiro atoms. The lowest BCUT2D eigenvalue weighted by Crippen LogP contribution is -2.28. The Kier molecular flexibility index (Phi) is 6.65. The number of rotatable bonds is 8. The minimum Gasteiger partial charge on any atom is -0.364 e. The molecule has 0 aliphatic carbocycles. The molecule has 0 bridgehead atoms. The summed E-state index contributed by atoms with van der Waals surface area (Å²) in [6.07, 6.45) is 1.92. The largest absolute Gasteiger partial charge is 0.364 e. The van der Waals surface area contributed by atoms with E-state index in [0.29, 0.717) is 5.92 Å². The van der Waals surface area contributed by atoms with E-state index in [1.54, 1.807) is 0 Å². The molecule has 0 saturated heterocycles. The molecule has 2 unspecified atom stereocenters. The summed E-state index contributed by atoms with van der Waals surface area (Å²) in [6.45, 7) is 7.43. The van der Waals surface area contributed by atoms with E-state index in [1.165, 1.54) is 5.69 Å². The molecule has 3 aromatic rings. The number of benzene rings is 2. The van der Waals surface area contributed by atoms with E-state index < -0.39 is 0 Å². The van der Waals surface area contributed by atoms with Gasteiger partial charge in [0.1, 0.15) is 6.10 Å². The maximum absolute atomic E-state index is 6.58. The molecule has 4 nitrogen and oxygen atoms in total. The highest BCUT2D eigenvalue weighted by atomic mass is 16.5. The molecule has 0 amide bonds. The van der Waals surface area contributed by atoms with Crippen LogP contribution in [0.15, 0.2) is 66.9 Å². The maximum atomic E-state index is 6.58. The van der Waals surface area contributed by atoms with E-state index in [-0.39, 0.29) is 12.2 Å². The number of ether oxygens (including phenoxy) is 1. The first kappa shape index (κ1) is 20.3. The molecule has 2 aromatic carbocycles. The van der Waals surface area contributed by atoms with E-state index in [4.69, 9.17) is 9.84 Å². The topological polar surface area (TPSA) is 30.3 Å². The van der Waals surface area contributed by atoms with E-state index in [0.717, 1.165) is 23.4 Å². The van der Waals surface area contributed by atoms with Crippen LogP contribution in [0.5, 0.6) is 0 Å². The maximum Gasteiger partial charge on any atom is 0.111 e. The number of para-hydroxylation sites is 1. The van der Waals surface area contributed by atoms with Crippen LogP contribution in [0.4, 0.5) is 0 Å². The second kappa shape index (κ2) is 9.18. The van der Waals surface area contributed by atoms with Gasteiger partial charge in [0.05, 0.1) is 23.7 Å². The number of hydrogen-bond acceptors (Lipinski definition) is 3. The van der Waals surface area contributed by atoms with Gasteiger partial charge in [-0.25, -0.2) is 4.68 Å². The summed E-state index contributed by atoms with van der Waals surface area (Å²) in [5.74, 6) is 0.316. The van der Waals surface area contributed by atoms with Crippen molar-refractivity contribution in [3.8, 4) is 5.69 Å². The van der Waals surface area contributed by atoms with Gasteiger partial charge < -0.3 is 9.64 Å². The Morgan fingerprint density at radius 1 is 0.929 bits per heavy atom. The molecule has 0 N–H and O–H groups in total. The fourth-order valence-electron chi connectivity index (χ4n) is 3.67. The third-order valence-electron chi connectivity index (χ3n) is 4.76. The highest BCUT2D eigenvalue weighted by Crippen LogP contribution is 2.34. The predicted molar refractivity (Wildman–Crippen MR) is 115 cm³/mol. The van der Waals surface area contributed by atoms with Crippen molar-refractivity contribution in [2.24, 2.45) is 0 Å². The summed E-state index contributed by atoms with van der Waals surface area (Å²) in [6, 6.07) is 20.8. The second-order valence-corrected chi connectivity index (χ2v) is 7.89. The zero-order chi connectivity index (χ0) is 20.1. The molecule has 1 heterocycles. The predicted octanol–water partition coefficient (Wildman–Crippen LogP) is 5.05. The summed E-state index contributed by atoms with van der Waals surface area (Å²) < 4.78 is 8.63. The Hall–Kier alpha value is -2.43. The van der Waals surface area contributed by atoms with Crippen molar-refractivity contribution < 1.29 is 4.74 Å². The smallest absolute Gasteiger partial charge is 0.111 e. The van der Waals surface area contributed by atoms with Crippen molar-refractivity contribution in [2.75, 3.05) is 20.6 Å². The van der Waals surface area contributed by atoms with Gasteiger partial charge >= 0.3 is 0 Å². The number of likely N-dealkylation sites (N-methyl/N-ethyl adjacent to an activating group) is 1. The van der Waals surface area contributed by atoms with Gasteiger partial charge in [-0.1, -0.05) is 62.4 Å². The summed E-state index contributed by atoms with van der Waals surface area (Å²) in [4.78, 5) is 2.16. The molecule has 0 radical (unpaired) electrons. The van der Waals surface area contributed by atoms with Crippen LogP contribution in [-0.2, 0) is 4.74 Å². The van der Waals surface area contributed by atoms with Gasteiger partial charge in [0.15, 0.2) is 0 Å². The van der Waals surface area contributed by atoms with Crippen LogP contribution in [-0.4, -0.2) is 41.4 Å². The molecule has 148 valence electrons. The molecular weight excluding hydrogens is 346 g/mol. The fraction of sp³-hybridized carbons (Fsp3) is 0.375. The Labute approximate surface area is 168 Å². The molecule has 3 rings (SSSR count). The third kappa shape index (κ3) is 4.70. The van der Waals surface area contributed by atoms with Crippen molar-refractivity contribution in [3.63, 3.8) is 0 Å². The van der Waals surface area contributed by atoms with Gasteiger partial charge in [-0.05, 0) is 44.6 Å². The number of hydrogen-bond donors (Lipinski definition) is 0. The lowest BCUT2D eigenvalue weighted by Gasteiger charge is -2.26. The molecule has 4 heteroatoms. The number of nitrogens with zero attached hydrogens (tertiary/aromatic N) is 3. The molecule has 1 aromatic heterocycles. The Bertz CT molecular complexity index is 856. The van der Waals surface area contributed by atoms with Crippen LogP contribution in [0.3, 0.4) is 0 Å². The lowest BCUT2D eigenvalue weighted by atomic mass is 9.96. The van der Waals surface area contributed by atoms with Crippen LogP contribution in [0.2, 0.25) is 0 Å². The Morgan fingerprint density at radius 3 is 2.11 bits per heavy atom. The van der Waals surface area contributed by atoms with Crippen molar-refractivity contribution in [3.05, 3.63) is 83.7 Å². The number of aromatic nitrogens is 2. The molecule has 28 heavy (non-hydrogen) atoms. The highest BCUT2D eigenvalue weighted by molar-refractivity contribution is 5.40. The first-order chi connectivity index (χ1) is 13.5. The van der Waals surface area contributed by atoms with E-state index >= 15 is 0 Å². The normalized spacial score (nSPS) is 13.8. The van der Waals surface area contributed by atoms with Crippen LogP contribution in [0.1, 0.15) is 49.6 Å². The van der Waals surface area contributed by atoms with Crippen molar-refractivity contribution in [1.29, 1.82) is 0 Å². The van der Waals surface area contributed by atoms with Gasteiger partial charge in [-0.3, -0.25) is 0 Å². The average Bonchev–Trinajstić information content (AvgIpc) is 3.12. The Balaban J connectivity index is 2.06. The van der Waals surface area contributed by atoms with E-state index in [9.17, 15) is 0 Å². The third-order valence-corrected chi connectivity index (χ3v) is 4.76. The minimum absolute atomic E-state index is 0.0975. The molecule has 2 atom stereocenters. The van der Waals surface area contributed by atoms with Gasteiger partial charge in [-0.2, -0.15) is 5.10 Å². The summed E-state index contributed by atoms with van der Waals surface area (Å²) in [5.41, 5.74) is 4.56. The van der Waals surface area contributed by atoms with E-state index in [2.05, 4.69) is 80.8 Å². The van der Waals surface area contributed by atoms with Gasteiger partial charge in [-0.15, -0.1) is 0 Å². The van der Waals surface area contributed by atoms with Crippen LogP contribution < -0.4 is 0 Å². The van der Waals surface area contributed by atoms with Crippen molar-refractivity contribution in [1.82, 2.24) is 14.7 Å². The average molecular weight is 378 g/mol. The van der Waals surface area contributed by atoms with Crippen molar-refractivity contribution >= 4 is 0 Å². The lowest BCUT2D eigenvalue weighted by molar-refractivity contribution is 0.00564. The first-order valence-electron chi connectivity index (χ1n) is 9.95. The van der Waals surface area contributed by atoms with Gasteiger partial charge in [0, 0.05) is 12.1 Å². The first-order valence-corrected chi connectivity index (χ1v) is 9.95. The van der Waals surface area contributed by atoms with Crippen LogP contribution >= 0.6 is 0 Å². The zero-order valence-electron chi connectivity index (χ0n) is 17.5. The fourth-order valence-corrected chi connectivity index (χ4v) is 3.67. The standard InChI is InChI=1S/C24H31N3O/c1-18(2)23-22(16-25-27(23)21-14-10-7-11-15-21)24(20-12-8-6-9-13-20)28-19(3)17-26(4)5/h6-16,18-19,24H,17H2,1-5H3. The summed E-state index contributed by atoms with van der Waals surface area (Å²) in [5, 5.41) is 4.75. The second-order valence-electron chi connectivity index (χ2n) is 7.89. The monoisotopic (exact) mass is 377 g/mol. The quantitative estimate of drug-likeness (QED) is 0.550. The SMILES string of the molecule is CC(CN(C)C)OC(c1ccccc1)c1cnn(-c2ccccc2)c1C(C)C. The van der Waals surface area contributed by atoms with Crippen LogP contribution in [0.25, 0.3) is 5.69 Å². The van der Waals surface area contributed by atoms with Crippen LogP contribution in [0, 0.1) is 0 Å². The molecule has 0 fully saturated rings. The summed E-state index contributed by atoms with van der Waals surface area (Å²) in [7, 11) is 4.15. The molecular formula is C24H31N3O. The molecule has 0 aliphatic heterocycles. The van der Waals surface area contributed by atoms with Crippen molar-refractivity contribution in [2.45, 2.75) is 38.9 Å². The molecule has 0 aliphatic rings. The van der Waals surface area contributed by atoms with E-state index in [1.807, 2.05) is 30.5 Å². The molecule has 0 saturated carbocycles. The summed E-state index contributed by atoms with van der Waals surface area (Å²) >= 11 is 0.